The van der Waals surface area contributed by atoms with Crippen LogP contribution < -0.4 is 9.47 Å². The van der Waals surface area contributed by atoms with E-state index in [-0.39, 0.29) is 5.91 Å². The lowest BCUT2D eigenvalue weighted by molar-refractivity contribution is 0.0628. The van der Waals surface area contributed by atoms with E-state index in [4.69, 9.17) is 9.47 Å². The van der Waals surface area contributed by atoms with E-state index < -0.39 is 0 Å². The molecule has 1 aliphatic rings. The lowest BCUT2D eigenvalue weighted by atomic mass is 10.1. The maximum atomic E-state index is 12.8. The molecule has 1 aromatic heterocycles. The zero-order valence-corrected chi connectivity index (χ0v) is 15.4. The van der Waals surface area contributed by atoms with Gasteiger partial charge >= 0.3 is 0 Å². The molecule has 2 heterocycles. The summed E-state index contributed by atoms with van der Waals surface area (Å²) in [6.07, 6.45) is 3.63. The second kappa shape index (κ2) is 8.67. The Hall–Kier alpha value is -2.60. The molecule has 1 amide bonds. The summed E-state index contributed by atoms with van der Waals surface area (Å²) in [4.78, 5) is 21.1. The second-order valence-corrected chi connectivity index (χ2v) is 6.22. The number of pyridine rings is 1. The van der Waals surface area contributed by atoms with Gasteiger partial charge in [0.1, 0.15) is 0 Å². The van der Waals surface area contributed by atoms with E-state index in [1.807, 2.05) is 36.4 Å². The van der Waals surface area contributed by atoms with Crippen LogP contribution in [0.25, 0.3) is 0 Å². The highest BCUT2D eigenvalue weighted by Gasteiger charge is 2.23. The number of piperazine rings is 1. The van der Waals surface area contributed by atoms with Crippen molar-refractivity contribution in [3.63, 3.8) is 0 Å². The molecule has 3 rings (SSSR count). The van der Waals surface area contributed by atoms with Gasteiger partial charge in [-0.05, 0) is 42.8 Å². The quantitative estimate of drug-likeness (QED) is 0.797. The molecule has 0 unspecified atom stereocenters. The average Bonchev–Trinajstić information content (AvgIpc) is 2.69. The van der Waals surface area contributed by atoms with E-state index in [1.165, 1.54) is 5.56 Å². The van der Waals surface area contributed by atoms with Crippen LogP contribution in [0, 0.1) is 0 Å². The third-order valence-electron chi connectivity index (χ3n) is 4.53. The van der Waals surface area contributed by atoms with Gasteiger partial charge in [-0.15, -0.1) is 0 Å². The van der Waals surface area contributed by atoms with Gasteiger partial charge in [0.2, 0.25) is 0 Å². The standard InChI is InChI=1S/C20H25N3O3/c1-3-26-19-14-17(4-5-18(19)25-2)20(24)23-12-10-22(11-13-23)15-16-6-8-21-9-7-16/h4-9,14H,3,10-13,15H2,1-2H3. The van der Waals surface area contributed by atoms with Gasteiger partial charge in [-0.25, -0.2) is 0 Å². The van der Waals surface area contributed by atoms with Crippen molar-refractivity contribution in [2.75, 3.05) is 39.9 Å². The first-order valence-electron chi connectivity index (χ1n) is 8.92. The monoisotopic (exact) mass is 355 g/mol. The van der Waals surface area contributed by atoms with E-state index in [0.29, 0.717) is 23.7 Å². The summed E-state index contributed by atoms with van der Waals surface area (Å²) in [6, 6.07) is 9.42. The molecule has 1 fully saturated rings. The fourth-order valence-corrected chi connectivity index (χ4v) is 3.12. The van der Waals surface area contributed by atoms with E-state index >= 15 is 0 Å². The van der Waals surface area contributed by atoms with Crippen LogP contribution in [0.4, 0.5) is 0 Å². The fourth-order valence-electron chi connectivity index (χ4n) is 3.12. The number of carbonyl (C=O) groups excluding carboxylic acids is 1. The van der Waals surface area contributed by atoms with E-state index in [1.54, 1.807) is 25.3 Å². The van der Waals surface area contributed by atoms with Crippen LogP contribution in [0.2, 0.25) is 0 Å². The first kappa shape index (κ1) is 18.2. The molecule has 6 heteroatoms. The number of hydrogen-bond donors (Lipinski definition) is 0. The topological polar surface area (TPSA) is 54.9 Å². The smallest absolute Gasteiger partial charge is 0.254 e. The summed E-state index contributed by atoms with van der Waals surface area (Å²) >= 11 is 0. The Bertz CT molecular complexity index is 728. The van der Waals surface area contributed by atoms with Crippen molar-refractivity contribution in [1.29, 1.82) is 0 Å². The van der Waals surface area contributed by atoms with Crippen molar-refractivity contribution in [2.45, 2.75) is 13.5 Å². The van der Waals surface area contributed by atoms with Crippen LogP contribution in [0.15, 0.2) is 42.7 Å². The largest absolute Gasteiger partial charge is 0.493 e. The van der Waals surface area contributed by atoms with Crippen LogP contribution in [0.5, 0.6) is 11.5 Å². The summed E-state index contributed by atoms with van der Waals surface area (Å²) in [5.74, 6) is 1.29. The average molecular weight is 355 g/mol. The molecule has 0 saturated carbocycles. The van der Waals surface area contributed by atoms with Gasteiger partial charge in [0.05, 0.1) is 13.7 Å². The summed E-state index contributed by atoms with van der Waals surface area (Å²) in [6.45, 7) is 6.50. The van der Waals surface area contributed by atoms with Gasteiger partial charge in [0.15, 0.2) is 11.5 Å². The Morgan fingerprint density at radius 2 is 1.81 bits per heavy atom. The van der Waals surface area contributed by atoms with Gasteiger partial charge in [-0.3, -0.25) is 14.7 Å². The van der Waals surface area contributed by atoms with Crippen LogP contribution >= 0.6 is 0 Å². The zero-order valence-electron chi connectivity index (χ0n) is 15.4. The van der Waals surface area contributed by atoms with E-state index in [2.05, 4.69) is 9.88 Å². The van der Waals surface area contributed by atoms with Crippen molar-refractivity contribution in [2.24, 2.45) is 0 Å². The molecule has 26 heavy (non-hydrogen) atoms. The van der Waals surface area contributed by atoms with Gasteiger partial charge in [-0.2, -0.15) is 0 Å². The third-order valence-corrected chi connectivity index (χ3v) is 4.53. The molecule has 0 radical (unpaired) electrons. The lowest BCUT2D eigenvalue weighted by Gasteiger charge is -2.34. The minimum atomic E-state index is 0.0390. The number of rotatable bonds is 6. The van der Waals surface area contributed by atoms with Crippen molar-refractivity contribution < 1.29 is 14.3 Å². The number of benzene rings is 1. The van der Waals surface area contributed by atoms with Gasteiger partial charge in [-0.1, -0.05) is 0 Å². The zero-order chi connectivity index (χ0) is 18.4. The molecular weight excluding hydrogens is 330 g/mol. The van der Waals surface area contributed by atoms with Gasteiger partial charge < -0.3 is 14.4 Å². The number of methoxy groups -OCH3 is 1. The van der Waals surface area contributed by atoms with Crippen LogP contribution in [-0.4, -0.2) is 60.6 Å². The summed E-state index contributed by atoms with van der Waals surface area (Å²) in [5, 5.41) is 0. The molecule has 6 nitrogen and oxygen atoms in total. The Kier molecular flexibility index (Phi) is 6.07. The molecule has 0 aliphatic carbocycles. The van der Waals surface area contributed by atoms with E-state index in [0.717, 1.165) is 32.7 Å². The highest BCUT2D eigenvalue weighted by atomic mass is 16.5. The second-order valence-electron chi connectivity index (χ2n) is 6.22. The minimum Gasteiger partial charge on any atom is -0.493 e. The fraction of sp³-hybridized carbons (Fsp3) is 0.400. The Morgan fingerprint density at radius 3 is 2.46 bits per heavy atom. The molecule has 2 aromatic rings. The maximum Gasteiger partial charge on any atom is 0.254 e. The number of hydrogen-bond acceptors (Lipinski definition) is 5. The van der Waals surface area contributed by atoms with Crippen molar-refractivity contribution in [3.8, 4) is 11.5 Å². The van der Waals surface area contributed by atoms with Crippen molar-refractivity contribution in [3.05, 3.63) is 53.9 Å². The highest BCUT2D eigenvalue weighted by Crippen LogP contribution is 2.28. The van der Waals surface area contributed by atoms with Crippen LogP contribution in [0.1, 0.15) is 22.8 Å². The third kappa shape index (κ3) is 4.32. The predicted molar refractivity (Wildman–Crippen MR) is 99.6 cm³/mol. The Balaban J connectivity index is 1.60. The van der Waals surface area contributed by atoms with Crippen molar-refractivity contribution >= 4 is 5.91 Å². The molecule has 138 valence electrons. The number of amides is 1. The van der Waals surface area contributed by atoms with Gasteiger partial charge in [0.25, 0.3) is 5.91 Å². The predicted octanol–water partition coefficient (Wildman–Crippen LogP) is 2.45. The summed E-state index contributed by atoms with van der Waals surface area (Å²) in [7, 11) is 1.60. The maximum absolute atomic E-state index is 12.8. The summed E-state index contributed by atoms with van der Waals surface area (Å²) in [5.41, 5.74) is 1.88. The first-order valence-corrected chi connectivity index (χ1v) is 8.92. The van der Waals surface area contributed by atoms with Crippen LogP contribution in [-0.2, 0) is 6.54 Å². The minimum absolute atomic E-state index is 0.0390. The lowest BCUT2D eigenvalue weighted by Crippen LogP contribution is -2.48. The molecule has 0 spiro atoms. The number of nitrogens with zero attached hydrogens (tertiary/aromatic N) is 3. The van der Waals surface area contributed by atoms with Crippen molar-refractivity contribution in [1.82, 2.24) is 14.8 Å². The first-order chi connectivity index (χ1) is 12.7. The molecule has 1 aliphatic heterocycles. The molecule has 0 N–H and O–H groups in total. The molecule has 0 bridgehead atoms. The number of aromatic nitrogens is 1. The molecule has 1 saturated heterocycles. The number of ether oxygens (including phenoxy) is 2. The van der Waals surface area contributed by atoms with Crippen LogP contribution in [0.3, 0.4) is 0 Å². The Morgan fingerprint density at radius 1 is 1.08 bits per heavy atom. The molecule has 0 atom stereocenters. The summed E-state index contributed by atoms with van der Waals surface area (Å²) < 4.78 is 10.9. The molecule has 1 aromatic carbocycles. The number of carbonyl (C=O) groups is 1. The van der Waals surface area contributed by atoms with E-state index in [9.17, 15) is 4.79 Å². The van der Waals surface area contributed by atoms with Gasteiger partial charge in [0, 0.05) is 50.7 Å². The Labute approximate surface area is 154 Å². The molecular formula is C20H25N3O3. The SMILES string of the molecule is CCOc1cc(C(=O)N2CCN(Cc3ccncc3)CC2)ccc1OC. The highest BCUT2D eigenvalue weighted by molar-refractivity contribution is 5.95. The normalized spacial score (nSPS) is 14.9.